The number of aromatic nitrogens is 1. The molecule has 1 aromatic carbocycles. The molecule has 0 amide bonds. The van der Waals surface area contributed by atoms with Crippen LogP contribution in [0.3, 0.4) is 0 Å². The van der Waals surface area contributed by atoms with Crippen LogP contribution in [0.4, 0.5) is 5.69 Å². The standard InChI is InChI=1S/C25H32N4O/c1-17-6-4-12-27-24(17)22-8-3-9-23(28-22)25-18(2)7-5-13-29(25)15-20-11-10-19(16-30)14-21(20)26/h4-7,10-12,14,22-23,28,30H,3,8-9,13,15-16,26H2,1-2H3. The second kappa shape index (κ2) is 9.02. The second-order valence-corrected chi connectivity index (χ2v) is 8.45. The fourth-order valence-electron chi connectivity index (χ4n) is 4.76. The molecule has 0 bridgehead atoms. The van der Waals surface area contributed by atoms with Crippen LogP contribution in [-0.4, -0.2) is 27.6 Å². The highest BCUT2D eigenvalue weighted by molar-refractivity contribution is 5.49. The van der Waals surface area contributed by atoms with Crippen molar-refractivity contribution in [3.05, 3.63) is 82.3 Å². The van der Waals surface area contributed by atoms with Gasteiger partial charge >= 0.3 is 0 Å². The number of hydrogen-bond donors (Lipinski definition) is 3. The third-order valence-corrected chi connectivity index (χ3v) is 6.29. The lowest BCUT2D eigenvalue weighted by atomic mass is 9.90. The molecule has 30 heavy (non-hydrogen) atoms. The van der Waals surface area contributed by atoms with Gasteiger partial charge in [-0.2, -0.15) is 0 Å². The Kier molecular flexibility index (Phi) is 6.21. The third-order valence-electron chi connectivity index (χ3n) is 6.29. The van der Waals surface area contributed by atoms with Crippen molar-refractivity contribution >= 4 is 5.69 Å². The second-order valence-electron chi connectivity index (χ2n) is 8.45. The molecular weight excluding hydrogens is 372 g/mol. The molecule has 2 aliphatic heterocycles. The summed E-state index contributed by atoms with van der Waals surface area (Å²) in [5.74, 6) is 0. The highest BCUT2D eigenvalue weighted by Crippen LogP contribution is 2.33. The first kappa shape index (κ1) is 20.6. The number of nitrogen functional groups attached to an aromatic ring is 1. The topological polar surface area (TPSA) is 74.4 Å². The first-order valence-corrected chi connectivity index (χ1v) is 10.8. The van der Waals surface area contributed by atoms with Gasteiger partial charge in [0, 0.05) is 36.7 Å². The average molecular weight is 405 g/mol. The molecule has 2 atom stereocenters. The van der Waals surface area contributed by atoms with E-state index in [0.29, 0.717) is 6.04 Å². The SMILES string of the molecule is CC1=C(C2CCCC(c3ncccc3C)N2)N(Cc2ccc(CO)cc2N)CC=C1. The largest absolute Gasteiger partial charge is 0.398 e. The normalized spacial score (nSPS) is 21.9. The molecule has 4 N–H and O–H groups in total. The molecule has 0 spiro atoms. The van der Waals surface area contributed by atoms with Gasteiger partial charge < -0.3 is 21.1 Å². The van der Waals surface area contributed by atoms with Gasteiger partial charge in [-0.1, -0.05) is 30.4 Å². The Morgan fingerprint density at radius 1 is 1.20 bits per heavy atom. The van der Waals surface area contributed by atoms with E-state index in [1.54, 1.807) is 0 Å². The van der Waals surface area contributed by atoms with Gasteiger partial charge in [0.15, 0.2) is 0 Å². The van der Waals surface area contributed by atoms with E-state index < -0.39 is 0 Å². The number of hydrogen-bond acceptors (Lipinski definition) is 5. The number of benzene rings is 1. The van der Waals surface area contributed by atoms with E-state index in [4.69, 9.17) is 5.73 Å². The summed E-state index contributed by atoms with van der Waals surface area (Å²) in [5.41, 5.74) is 14.1. The van der Waals surface area contributed by atoms with Gasteiger partial charge in [-0.15, -0.1) is 0 Å². The van der Waals surface area contributed by atoms with Crippen molar-refractivity contribution in [3.63, 3.8) is 0 Å². The number of allylic oxidation sites excluding steroid dienone is 2. The van der Waals surface area contributed by atoms with Crippen LogP contribution in [0.1, 0.15) is 54.6 Å². The van der Waals surface area contributed by atoms with Crippen LogP contribution >= 0.6 is 0 Å². The smallest absolute Gasteiger partial charge is 0.0682 e. The summed E-state index contributed by atoms with van der Waals surface area (Å²) in [7, 11) is 0. The molecule has 0 radical (unpaired) electrons. The van der Waals surface area contributed by atoms with Gasteiger partial charge in [-0.05, 0) is 67.5 Å². The van der Waals surface area contributed by atoms with Crippen LogP contribution < -0.4 is 11.1 Å². The van der Waals surface area contributed by atoms with Crippen molar-refractivity contribution < 1.29 is 5.11 Å². The van der Waals surface area contributed by atoms with Crippen molar-refractivity contribution in [2.24, 2.45) is 0 Å². The fraction of sp³-hybridized carbons (Fsp3) is 0.400. The number of nitrogens with zero attached hydrogens (tertiary/aromatic N) is 2. The predicted octanol–water partition coefficient (Wildman–Crippen LogP) is 3.99. The fourth-order valence-corrected chi connectivity index (χ4v) is 4.76. The van der Waals surface area contributed by atoms with E-state index in [0.717, 1.165) is 42.7 Å². The molecule has 158 valence electrons. The Hall–Kier alpha value is -2.63. The van der Waals surface area contributed by atoms with Gasteiger partial charge in [0.05, 0.1) is 18.3 Å². The van der Waals surface area contributed by atoms with E-state index in [2.05, 4.69) is 47.3 Å². The lowest BCUT2D eigenvalue weighted by molar-refractivity contribution is 0.267. The van der Waals surface area contributed by atoms with Gasteiger partial charge in [0.25, 0.3) is 0 Å². The lowest BCUT2D eigenvalue weighted by Gasteiger charge is -2.40. The van der Waals surface area contributed by atoms with Gasteiger partial charge in [-0.25, -0.2) is 0 Å². The van der Waals surface area contributed by atoms with Crippen molar-refractivity contribution in [2.75, 3.05) is 12.3 Å². The number of aryl methyl sites for hydroxylation is 1. The van der Waals surface area contributed by atoms with Crippen molar-refractivity contribution in [2.45, 2.75) is 58.3 Å². The van der Waals surface area contributed by atoms with Crippen LogP contribution in [-0.2, 0) is 13.2 Å². The summed E-state index contributed by atoms with van der Waals surface area (Å²) in [6.45, 7) is 6.00. The minimum atomic E-state index is 0.0154. The van der Waals surface area contributed by atoms with Crippen LogP contribution in [0.2, 0.25) is 0 Å². The van der Waals surface area contributed by atoms with Crippen molar-refractivity contribution in [1.82, 2.24) is 15.2 Å². The van der Waals surface area contributed by atoms with Gasteiger partial charge in [-0.3, -0.25) is 4.98 Å². The Bertz CT molecular complexity index is 965. The Morgan fingerprint density at radius 2 is 2.03 bits per heavy atom. The highest BCUT2D eigenvalue weighted by Gasteiger charge is 2.30. The van der Waals surface area contributed by atoms with Crippen LogP contribution in [0.15, 0.2) is 60.0 Å². The first-order chi connectivity index (χ1) is 14.6. The predicted molar refractivity (Wildman–Crippen MR) is 122 cm³/mol. The zero-order chi connectivity index (χ0) is 21.1. The van der Waals surface area contributed by atoms with E-state index in [9.17, 15) is 5.11 Å². The van der Waals surface area contributed by atoms with E-state index in [-0.39, 0.29) is 12.6 Å². The maximum Gasteiger partial charge on any atom is 0.0682 e. The lowest BCUT2D eigenvalue weighted by Crippen LogP contribution is -2.45. The van der Waals surface area contributed by atoms with Crippen LogP contribution in [0.25, 0.3) is 0 Å². The van der Waals surface area contributed by atoms with Gasteiger partial charge in [0.2, 0.25) is 0 Å². The number of aliphatic hydroxyl groups excluding tert-OH is 1. The molecule has 3 heterocycles. The summed E-state index contributed by atoms with van der Waals surface area (Å²) >= 11 is 0. The van der Waals surface area contributed by atoms with E-state index >= 15 is 0 Å². The van der Waals surface area contributed by atoms with Crippen LogP contribution in [0.5, 0.6) is 0 Å². The molecule has 2 aliphatic rings. The minimum Gasteiger partial charge on any atom is -0.398 e. The first-order valence-electron chi connectivity index (χ1n) is 10.8. The molecular formula is C25H32N4O. The molecule has 1 fully saturated rings. The van der Waals surface area contributed by atoms with Gasteiger partial charge in [0.1, 0.15) is 0 Å². The van der Waals surface area contributed by atoms with E-state index in [1.807, 2.05) is 30.5 Å². The maximum absolute atomic E-state index is 9.36. The number of nitrogens with two attached hydrogens (primary N) is 1. The summed E-state index contributed by atoms with van der Waals surface area (Å²) in [5, 5.41) is 13.3. The number of aliphatic hydroxyl groups is 1. The number of nitrogens with one attached hydrogen (secondary N) is 1. The Labute approximate surface area is 179 Å². The summed E-state index contributed by atoms with van der Waals surface area (Å²) in [4.78, 5) is 7.11. The monoisotopic (exact) mass is 404 g/mol. The average Bonchev–Trinajstić information content (AvgIpc) is 2.75. The molecule has 5 heteroatoms. The third kappa shape index (κ3) is 4.27. The molecule has 1 saturated heterocycles. The molecule has 0 saturated carbocycles. The number of rotatable bonds is 5. The number of anilines is 1. The quantitative estimate of drug-likeness (QED) is 0.657. The molecule has 0 aliphatic carbocycles. The zero-order valence-corrected chi connectivity index (χ0v) is 17.9. The van der Waals surface area contributed by atoms with E-state index in [1.165, 1.54) is 28.9 Å². The zero-order valence-electron chi connectivity index (χ0n) is 17.9. The molecule has 4 rings (SSSR count). The van der Waals surface area contributed by atoms with Crippen LogP contribution in [0, 0.1) is 6.92 Å². The summed E-state index contributed by atoms with van der Waals surface area (Å²) in [6, 6.07) is 10.6. The van der Waals surface area contributed by atoms with Crippen molar-refractivity contribution in [3.8, 4) is 0 Å². The Morgan fingerprint density at radius 3 is 2.80 bits per heavy atom. The molecule has 2 unspecified atom stereocenters. The number of piperidine rings is 1. The molecule has 5 nitrogen and oxygen atoms in total. The molecule has 2 aromatic rings. The summed E-state index contributed by atoms with van der Waals surface area (Å²) < 4.78 is 0. The van der Waals surface area contributed by atoms with Crippen molar-refractivity contribution in [1.29, 1.82) is 0 Å². The minimum absolute atomic E-state index is 0.0154. The maximum atomic E-state index is 9.36. The number of pyridine rings is 1. The Balaban J connectivity index is 1.57. The highest BCUT2D eigenvalue weighted by atomic mass is 16.3. The summed E-state index contributed by atoms with van der Waals surface area (Å²) in [6.07, 6.45) is 9.78. The molecule has 1 aromatic heterocycles.